The lowest BCUT2D eigenvalue weighted by molar-refractivity contribution is -0.144. The summed E-state index contributed by atoms with van der Waals surface area (Å²) >= 11 is 0. The number of anilines is 2. The first-order valence-electron chi connectivity index (χ1n) is 16.2. The number of piperidine rings is 1. The highest BCUT2D eigenvalue weighted by Gasteiger charge is 2.62. The van der Waals surface area contributed by atoms with Gasteiger partial charge in [0, 0.05) is 30.0 Å². The monoisotopic (exact) mass is 691 g/mol. The molecule has 50 heavy (non-hydrogen) atoms. The van der Waals surface area contributed by atoms with Crippen molar-refractivity contribution in [3.05, 3.63) is 89.5 Å². The standard InChI is InChI=1S/C36H39F2N5O7/c1-21-5-4-6-26(19-21)41-35(49)42-17-15-36(16-18-42)30(43(34(36)48)27-11-7-25(8-12-27)31(37)38)24-9-13-28(14-10-24)50-20-29(44)39-22(2)32(45)40-23(3)33(46)47/h4-14,19,22-23,30-31H,15-18,20H2,1-3H3,(H,39,44)(H,40,45)(H,41,49)(H,46,47). The molecule has 2 aliphatic heterocycles. The summed E-state index contributed by atoms with van der Waals surface area (Å²) in [6, 6.07) is 17.1. The van der Waals surface area contributed by atoms with Crippen LogP contribution in [0.3, 0.4) is 0 Å². The number of carboxylic acid groups (broad SMARTS) is 1. The molecule has 0 aromatic heterocycles. The Balaban J connectivity index is 1.28. The Labute approximate surface area is 287 Å². The number of likely N-dealkylation sites (tertiary alicyclic amines) is 1. The highest BCUT2D eigenvalue weighted by atomic mass is 19.3. The molecule has 0 saturated carbocycles. The van der Waals surface area contributed by atoms with Gasteiger partial charge in [-0.3, -0.25) is 19.2 Å². The Bertz CT molecular complexity index is 1740. The Morgan fingerprint density at radius 1 is 0.940 bits per heavy atom. The van der Waals surface area contributed by atoms with Gasteiger partial charge in [0.1, 0.15) is 17.8 Å². The number of carbonyl (C=O) groups excluding carboxylic acids is 4. The van der Waals surface area contributed by atoms with E-state index >= 15 is 0 Å². The highest BCUT2D eigenvalue weighted by molar-refractivity contribution is 6.06. The molecule has 4 N–H and O–H groups in total. The van der Waals surface area contributed by atoms with Crippen molar-refractivity contribution in [1.29, 1.82) is 0 Å². The number of nitrogens with zero attached hydrogens (tertiary/aromatic N) is 2. The third kappa shape index (κ3) is 7.69. The largest absolute Gasteiger partial charge is 0.484 e. The molecule has 14 heteroatoms. The van der Waals surface area contributed by atoms with E-state index in [-0.39, 0.29) is 17.5 Å². The normalized spacial score (nSPS) is 17.8. The summed E-state index contributed by atoms with van der Waals surface area (Å²) in [4.78, 5) is 65.9. The van der Waals surface area contributed by atoms with Gasteiger partial charge in [-0.2, -0.15) is 0 Å². The molecule has 3 unspecified atom stereocenters. The van der Waals surface area contributed by atoms with Crippen molar-refractivity contribution < 1.29 is 42.6 Å². The van der Waals surface area contributed by atoms with Crippen molar-refractivity contribution in [2.45, 2.75) is 58.2 Å². The number of alkyl halides is 2. The zero-order valence-electron chi connectivity index (χ0n) is 27.8. The lowest BCUT2D eigenvalue weighted by Gasteiger charge is -2.59. The number of carbonyl (C=O) groups is 5. The van der Waals surface area contributed by atoms with Crippen molar-refractivity contribution in [1.82, 2.24) is 15.5 Å². The van der Waals surface area contributed by atoms with E-state index < -0.39 is 54.4 Å². The van der Waals surface area contributed by atoms with Gasteiger partial charge >= 0.3 is 12.0 Å². The molecule has 0 aliphatic carbocycles. The molecule has 0 radical (unpaired) electrons. The average Bonchev–Trinajstić information content (AvgIpc) is 3.09. The van der Waals surface area contributed by atoms with Crippen LogP contribution in [0, 0.1) is 12.3 Å². The number of rotatable bonds is 11. The van der Waals surface area contributed by atoms with E-state index in [1.165, 1.54) is 38.1 Å². The van der Waals surface area contributed by atoms with Gasteiger partial charge in [0.2, 0.25) is 11.8 Å². The molecular weight excluding hydrogens is 652 g/mol. The van der Waals surface area contributed by atoms with Crippen molar-refractivity contribution in [3.63, 3.8) is 0 Å². The molecule has 5 amide bonds. The first kappa shape index (κ1) is 35.8. The number of halogens is 2. The topological polar surface area (TPSA) is 157 Å². The Morgan fingerprint density at radius 3 is 2.20 bits per heavy atom. The zero-order valence-corrected chi connectivity index (χ0v) is 27.8. The number of carboxylic acids is 1. The van der Waals surface area contributed by atoms with Gasteiger partial charge in [0.15, 0.2) is 6.61 Å². The van der Waals surface area contributed by atoms with Crippen molar-refractivity contribution >= 4 is 41.1 Å². The number of aliphatic carboxylic acids is 1. The van der Waals surface area contributed by atoms with Crippen molar-refractivity contribution in [3.8, 4) is 5.75 Å². The van der Waals surface area contributed by atoms with E-state index in [1.54, 1.807) is 34.1 Å². The molecule has 2 saturated heterocycles. The van der Waals surface area contributed by atoms with Crippen molar-refractivity contribution in [2.75, 3.05) is 29.9 Å². The smallest absolute Gasteiger partial charge is 0.325 e. The minimum Gasteiger partial charge on any atom is -0.484 e. The van der Waals surface area contributed by atoms with E-state index in [2.05, 4.69) is 16.0 Å². The quantitative estimate of drug-likeness (QED) is 0.210. The molecule has 3 atom stereocenters. The van der Waals surface area contributed by atoms with Crippen LogP contribution >= 0.6 is 0 Å². The van der Waals surface area contributed by atoms with Gasteiger partial charge in [0.25, 0.3) is 12.3 Å². The minimum absolute atomic E-state index is 0.154. The maximum absolute atomic E-state index is 14.0. The van der Waals surface area contributed by atoms with Crippen molar-refractivity contribution in [2.24, 2.45) is 5.41 Å². The summed E-state index contributed by atoms with van der Waals surface area (Å²) in [5.41, 5.74) is 1.93. The Morgan fingerprint density at radius 2 is 1.60 bits per heavy atom. The summed E-state index contributed by atoms with van der Waals surface area (Å²) in [6.07, 6.45) is -1.87. The number of β-lactam (4-membered cyclic amide) rings is 1. The highest BCUT2D eigenvalue weighted by Crippen LogP contribution is 2.57. The third-order valence-corrected chi connectivity index (χ3v) is 9.13. The summed E-state index contributed by atoms with van der Waals surface area (Å²) in [7, 11) is 0. The van der Waals surface area contributed by atoms with E-state index in [1.807, 2.05) is 31.2 Å². The summed E-state index contributed by atoms with van der Waals surface area (Å²) in [5.74, 6) is -2.28. The molecule has 2 fully saturated rings. The van der Waals surface area contributed by atoms with Gasteiger partial charge in [-0.05, 0) is 81.1 Å². The van der Waals surface area contributed by atoms with Crippen LogP contribution in [0.1, 0.15) is 55.8 Å². The van der Waals surface area contributed by atoms with Crippen LogP contribution < -0.4 is 25.6 Å². The van der Waals surface area contributed by atoms with Crippen LogP contribution in [-0.2, 0) is 19.2 Å². The predicted molar refractivity (Wildman–Crippen MR) is 180 cm³/mol. The zero-order chi connectivity index (χ0) is 36.2. The van der Waals surface area contributed by atoms with Crippen LogP contribution in [0.25, 0.3) is 0 Å². The number of benzene rings is 3. The number of hydrogen-bond donors (Lipinski definition) is 4. The fourth-order valence-corrected chi connectivity index (χ4v) is 6.34. The third-order valence-electron chi connectivity index (χ3n) is 9.13. The van der Waals surface area contributed by atoms with Crippen LogP contribution in [0.15, 0.2) is 72.8 Å². The van der Waals surface area contributed by atoms with E-state index in [9.17, 15) is 32.8 Å². The molecule has 12 nitrogen and oxygen atoms in total. The summed E-state index contributed by atoms with van der Waals surface area (Å²) in [6.45, 7) is 4.91. The molecule has 3 aromatic rings. The molecule has 264 valence electrons. The molecule has 2 aliphatic rings. The molecular formula is C36H39F2N5O7. The second kappa shape index (κ2) is 14.9. The molecule has 2 heterocycles. The van der Waals surface area contributed by atoms with Gasteiger partial charge in [0.05, 0.1) is 11.5 Å². The number of nitrogens with one attached hydrogen (secondary N) is 3. The maximum Gasteiger partial charge on any atom is 0.325 e. The lowest BCUT2D eigenvalue weighted by atomic mass is 9.62. The minimum atomic E-state index is -2.65. The number of urea groups is 1. The van der Waals surface area contributed by atoms with Crippen LogP contribution in [0.5, 0.6) is 5.75 Å². The van der Waals surface area contributed by atoms with Gasteiger partial charge in [-0.1, -0.05) is 36.4 Å². The molecule has 5 rings (SSSR count). The molecule has 3 aromatic carbocycles. The van der Waals surface area contributed by atoms with Gasteiger partial charge < -0.3 is 35.6 Å². The summed E-state index contributed by atoms with van der Waals surface area (Å²) < 4.78 is 32.2. The van der Waals surface area contributed by atoms with Gasteiger partial charge in [-0.15, -0.1) is 0 Å². The first-order chi connectivity index (χ1) is 23.8. The fourth-order valence-electron chi connectivity index (χ4n) is 6.34. The van der Waals surface area contributed by atoms with E-state index in [4.69, 9.17) is 9.84 Å². The first-order valence-corrected chi connectivity index (χ1v) is 16.2. The number of ether oxygens (including phenoxy) is 1. The molecule has 0 bridgehead atoms. The maximum atomic E-state index is 14.0. The average molecular weight is 692 g/mol. The Kier molecular flexibility index (Phi) is 10.7. The second-order valence-corrected chi connectivity index (χ2v) is 12.6. The second-order valence-electron chi connectivity index (χ2n) is 12.6. The lowest BCUT2D eigenvalue weighted by Crippen LogP contribution is -2.67. The number of aryl methyl sites for hydroxylation is 1. The molecule has 1 spiro atoms. The van der Waals surface area contributed by atoms with E-state index in [0.717, 1.165) is 11.1 Å². The van der Waals surface area contributed by atoms with Crippen LogP contribution in [0.4, 0.5) is 25.0 Å². The number of amides is 5. The summed E-state index contributed by atoms with van der Waals surface area (Å²) in [5, 5.41) is 16.6. The SMILES string of the molecule is Cc1cccc(NC(=O)N2CCC3(CC2)C(=O)N(c2ccc(C(F)F)cc2)C3c2ccc(OCC(=O)NC(C)C(=O)NC(C)C(=O)O)cc2)c1. The Hall–Kier alpha value is -5.53. The van der Waals surface area contributed by atoms with Crippen LogP contribution in [0.2, 0.25) is 0 Å². The predicted octanol–water partition coefficient (Wildman–Crippen LogP) is 4.81. The number of hydrogen-bond acceptors (Lipinski definition) is 6. The van der Waals surface area contributed by atoms with Gasteiger partial charge in [-0.25, -0.2) is 13.6 Å². The van der Waals surface area contributed by atoms with E-state index in [0.29, 0.717) is 43.1 Å². The fraction of sp³-hybridized carbons (Fsp3) is 0.361. The van der Waals surface area contributed by atoms with Crippen LogP contribution in [-0.4, -0.2) is 71.5 Å².